The summed E-state index contributed by atoms with van der Waals surface area (Å²) in [5, 5.41) is 0. The highest BCUT2D eigenvalue weighted by atomic mass is 16.1. The number of Topliss-reactive ketones (excluding diaryl/α,β-unsaturated/α-hetero) is 2. The zero-order chi connectivity index (χ0) is 12.5. The Morgan fingerprint density at radius 3 is 1.25 bits per heavy atom. The summed E-state index contributed by atoms with van der Waals surface area (Å²) in [4.78, 5) is 24.5. The van der Waals surface area contributed by atoms with Crippen LogP contribution in [0.2, 0.25) is 0 Å². The normalized spacial score (nSPS) is 26.8. The van der Waals surface area contributed by atoms with Gasteiger partial charge in [-0.25, -0.2) is 0 Å². The lowest BCUT2D eigenvalue weighted by molar-refractivity contribution is -0.121. The molecule has 0 atom stereocenters. The van der Waals surface area contributed by atoms with Crippen LogP contribution < -0.4 is 0 Å². The Morgan fingerprint density at radius 1 is 0.750 bits per heavy atom. The monoisotopic (exact) mass is 216 g/mol. The molecule has 0 aromatic heterocycles. The van der Waals surface area contributed by atoms with Crippen molar-refractivity contribution in [3.05, 3.63) is 35.5 Å². The zero-order valence-corrected chi connectivity index (χ0v) is 10.2. The summed E-state index contributed by atoms with van der Waals surface area (Å²) in [6, 6.07) is 0. The molecule has 0 aromatic carbocycles. The van der Waals surface area contributed by atoms with Gasteiger partial charge in [-0.15, -0.1) is 0 Å². The predicted molar refractivity (Wildman–Crippen MR) is 62.9 cm³/mol. The van der Waals surface area contributed by atoms with Crippen LogP contribution >= 0.6 is 0 Å². The third-order valence-corrected chi connectivity index (χ3v) is 3.95. The van der Waals surface area contributed by atoms with Crippen molar-refractivity contribution in [2.45, 2.75) is 27.7 Å². The molecular formula is C14H16O2. The van der Waals surface area contributed by atoms with E-state index in [0.717, 1.165) is 0 Å². The summed E-state index contributed by atoms with van der Waals surface area (Å²) < 4.78 is 0. The van der Waals surface area contributed by atoms with Crippen LogP contribution in [0.15, 0.2) is 35.5 Å². The molecule has 84 valence electrons. The molecule has 0 heterocycles. The number of rotatable bonds is 0. The molecule has 0 amide bonds. The quantitative estimate of drug-likeness (QED) is 0.623. The minimum absolute atomic E-state index is 0.0172. The Morgan fingerprint density at radius 2 is 1.00 bits per heavy atom. The van der Waals surface area contributed by atoms with Crippen LogP contribution in [0.1, 0.15) is 27.7 Å². The summed E-state index contributed by atoms with van der Waals surface area (Å²) in [5.74, 6) is -0.0344. The summed E-state index contributed by atoms with van der Waals surface area (Å²) in [5.41, 5.74) is 1.02. The summed E-state index contributed by atoms with van der Waals surface area (Å²) in [6.07, 6.45) is 0. The number of allylic oxidation sites excluding steroid dienone is 4. The fourth-order valence-corrected chi connectivity index (χ4v) is 2.33. The topological polar surface area (TPSA) is 34.1 Å². The first-order valence-electron chi connectivity index (χ1n) is 5.37. The SMILES string of the molecule is C=C1C2=C(C(=C)C(C)(C)C2=O)C(=O)C1(C)C. The summed E-state index contributed by atoms with van der Waals surface area (Å²) in [6.45, 7) is 15.1. The van der Waals surface area contributed by atoms with Gasteiger partial charge in [-0.05, 0) is 38.8 Å². The van der Waals surface area contributed by atoms with Crippen LogP contribution in [-0.2, 0) is 9.59 Å². The molecule has 0 saturated carbocycles. The van der Waals surface area contributed by atoms with E-state index in [1.54, 1.807) is 0 Å². The van der Waals surface area contributed by atoms with E-state index in [1.807, 2.05) is 27.7 Å². The molecule has 0 aromatic rings. The second-order valence-corrected chi connectivity index (χ2v) is 5.62. The number of hydrogen-bond donors (Lipinski definition) is 0. The van der Waals surface area contributed by atoms with E-state index >= 15 is 0 Å². The standard InChI is InChI=1S/C14H16O2/c1-7-9-10(12(16)13(7,3)4)8(2)14(5,6)11(9)15/h1-2H2,3-6H3. The van der Waals surface area contributed by atoms with Gasteiger partial charge in [0.1, 0.15) is 0 Å². The van der Waals surface area contributed by atoms with Crippen molar-refractivity contribution in [2.24, 2.45) is 10.8 Å². The van der Waals surface area contributed by atoms with Crippen LogP contribution in [0.3, 0.4) is 0 Å². The van der Waals surface area contributed by atoms with E-state index in [2.05, 4.69) is 13.2 Å². The third kappa shape index (κ3) is 0.927. The van der Waals surface area contributed by atoms with Crippen LogP contribution in [0.5, 0.6) is 0 Å². The molecule has 0 spiro atoms. The van der Waals surface area contributed by atoms with Gasteiger partial charge in [0, 0.05) is 11.1 Å². The molecule has 0 fully saturated rings. The van der Waals surface area contributed by atoms with Crippen molar-refractivity contribution in [3.63, 3.8) is 0 Å². The Balaban J connectivity index is 2.69. The molecule has 16 heavy (non-hydrogen) atoms. The van der Waals surface area contributed by atoms with Crippen molar-refractivity contribution >= 4 is 11.6 Å². The molecular weight excluding hydrogens is 200 g/mol. The maximum atomic E-state index is 12.2. The molecule has 2 aliphatic carbocycles. The number of carbonyl (C=O) groups excluding carboxylic acids is 2. The van der Waals surface area contributed by atoms with Crippen molar-refractivity contribution < 1.29 is 9.59 Å². The average molecular weight is 216 g/mol. The Bertz CT molecular complexity index is 413. The molecule has 0 saturated heterocycles. The lowest BCUT2D eigenvalue weighted by Gasteiger charge is -2.26. The fourth-order valence-electron chi connectivity index (χ4n) is 2.33. The highest BCUT2D eigenvalue weighted by Gasteiger charge is 2.55. The largest absolute Gasteiger partial charge is 0.293 e. The maximum Gasteiger partial charge on any atom is 0.173 e. The first-order valence-corrected chi connectivity index (χ1v) is 5.37. The van der Waals surface area contributed by atoms with Crippen LogP contribution in [-0.4, -0.2) is 11.6 Å². The Kier molecular flexibility index (Phi) is 1.81. The van der Waals surface area contributed by atoms with Crippen LogP contribution in [0.4, 0.5) is 0 Å². The molecule has 2 nitrogen and oxygen atoms in total. The minimum Gasteiger partial charge on any atom is -0.293 e. The number of hydrogen-bond acceptors (Lipinski definition) is 2. The van der Waals surface area contributed by atoms with Crippen molar-refractivity contribution in [1.82, 2.24) is 0 Å². The first-order chi connectivity index (χ1) is 7.13. The van der Waals surface area contributed by atoms with Crippen LogP contribution in [0.25, 0.3) is 0 Å². The van der Waals surface area contributed by atoms with Gasteiger partial charge < -0.3 is 0 Å². The molecule has 0 aliphatic heterocycles. The van der Waals surface area contributed by atoms with Gasteiger partial charge in [-0.1, -0.05) is 13.2 Å². The second kappa shape index (κ2) is 2.62. The zero-order valence-electron chi connectivity index (χ0n) is 10.2. The van der Waals surface area contributed by atoms with Gasteiger partial charge in [0.25, 0.3) is 0 Å². The number of carbonyl (C=O) groups is 2. The number of ketones is 2. The second-order valence-electron chi connectivity index (χ2n) is 5.62. The lowest BCUT2D eigenvalue weighted by atomic mass is 9.74. The Hall–Kier alpha value is -1.44. The molecule has 2 rings (SSSR count). The molecule has 0 bridgehead atoms. The van der Waals surface area contributed by atoms with Gasteiger partial charge in [0.15, 0.2) is 11.6 Å². The minimum atomic E-state index is -0.653. The van der Waals surface area contributed by atoms with E-state index in [1.165, 1.54) is 0 Å². The van der Waals surface area contributed by atoms with Crippen LogP contribution in [0, 0.1) is 10.8 Å². The fraction of sp³-hybridized carbons (Fsp3) is 0.429. The van der Waals surface area contributed by atoms with Gasteiger partial charge >= 0.3 is 0 Å². The van der Waals surface area contributed by atoms with Crippen molar-refractivity contribution in [2.75, 3.05) is 0 Å². The summed E-state index contributed by atoms with van der Waals surface area (Å²) in [7, 11) is 0. The molecule has 2 heteroatoms. The summed E-state index contributed by atoms with van der Waals surface area (Å²) >= 11 is 0. The average Bonchev–Trinajstić information content (AvgIpc) is 2.46. The molecule has 0 unspecified atom stereocenters. The maximum absolute atomic E-state index is 12.2. The highest BCUT2D eigenvalue weighted by molar-refractivity contribution is 6.25. The van der Waals surface area contributed by atoms with Crippen molar-refractivity contribution in [3.8, 4) is 0 Å². The Labute approximate surface area is 95.7 Å². The molecule has 2 aliphatic rings. The van der Waals surface area contributed by atoms with Gasteiger partial charge in [-0.3, -0.25) is 9.59 Å². The van der Waals surface area contributed by atoms with E-state index in [0.29, 0.717) is 22.3 Å². The predicted octanol–water partition coefficient (Wildman–Crippen LogP) is 2.61. The molecule has 0 radical (unpaired) electrons. The van der Waals surface area contributed by atoms with Crippen molar-refractivity contribution in [1.29, 1.82) is 0 Å². The van der Waals surface area contributed by atoms with E-state index in [-0.39, 0.29) is 11.6 Å². The van der Waals surface area contributed by atoms with Gasteiger partial charge in [-0.2, -0.15) is 0 Å². The van der Waals surface area contributed by atoms with Gasteiger partial charge in [0.05, 0.1) is 10.8 Å². The molecule has 0 N–H and O–H groups in total. The first kappa shape index (κ1) is 11.1. The van der Waals surface area contributed by atoms with E-state index < -0.39 is 10.8 Å². The highest BCUT2D eigenvalue weighted by Crippen LogP contribution is 2.54. The van der Waals surface area contributed by atoms with E-state index in [4.69, 9.17) is 0 Å². The third-order valence-electron chi connectivity index (χ3n) is 3.95. The van der Waals surface area contributed by atoms with E-state index in [9.17, 15) is 9.59 Å². The lowest BCUT2D eigenvalue weighted by Crippen LogP contribution is -2.29. The smallest absolute Gasteiger partial charge is 0.173 e. The van der Waals surface area contributed by atoms with Gasteiger partial charge in [0.2, 0.25) is 0 Å².